The van der Waals surface area contributed by atoms with Crippen LogP contribution in [0.15, 0.2) is 65.6 Å². The fraction of sp³-hybridized carbons (Fsp3) is 0.0952. The van der Waals surface area contributed by atoms with E-state index in [0.717, 1.165) is 17.0 Å². The molecule has 4 rings (SSSR count). The monoisotopic (exact) mass is 356 g/mol. The molecule has 0 atom stereocenters. The van der Waals surface area contributed by atoms with Gasteiger partial charge in [-0.15, -0.1) is 0 Å². The molecule has 0 aliphatic carbocycles. The average Bonchev–Trinajstić information content (AvgIpc) is 3.39. The van der Waals surface area contributed by atoms with Crippen molar-refractivity contribution in [3.63, 3.8) is 0 Å². The van der Waals surface area contributed by atoms with Crippen LogP contribution in [0.1, 0.15) is 11.3 Å². The Bertz CT molecular complexity index is 1120. The van der Waals surface area contributed by atoms with Gasteiger partial charge < -0.3 is 13.7 Å². The molecule has 0 amide bonds. The van der Waals surface area contributed by atoms with E-state index in [1.165, 1.54) is 7.11 Å². The quantitative estimate of drug-likeness (QED) is 0.542. The van der Waals surface area contributed by atoms with Gasteiger partial charge in [0.05, 0.1) is 19.1 Å². The van der Waals surface area contributed by atoms with Gasteiger partial charge in [-0.1, -0.05) is 12.1 Å². The summed E-state index contributed by atoms with van der Waals surface area (Å²) in [5.41, 5.74) is 3.62. The standard InChI is InChI=1S/C21H16N4O2/c1-14-3-8-20(27-14)17-11-19(24-21(26-2)18(17)12-22)15-4-6-16(7-5-15)25-10-9-23-13-25/h3-11,13H,1-2H3. The summed E-state index contributed by atoms with van der Waals surface area (Å²) in [6, 6.07) is 15.6. The third-order valence-electron chi connectivity index (χ3n) is 4.26. The summed E-state index contributed by atoms with van der Waals surface area (Å²) in [4.78, 5) is 8.57. The van der Waals surface area contributed by atoms with E-state index in [0.29, 0.717) is 22.6 Å². The zero-order chi connectivity index (χ0) is 18.8. The number of hydrogen-bond donors (Lipinski definition) is 0. The second kappa shape index (κ2) is 6.81. The minimum Gasteiger partial charge on any atom is -0.480 e. The van der Waals surface area contributed by atoms with Crippen molar-refractivity contribution in [3.05, 3.63) is 72.5 Å². The highest BCUT2D eigenvalue weighted by molar-refractivity contribution is 5.75. The van der Waals surface area contributed by atoms with Crippen LogP contribution in [-0.4, -0.2) is 21.6 Å². The first-order chi connectivity index (χ1) is 13.2. The normalized spacial score (nSPS) is 10.6. The maximum absolute atomic E-state index is 9.58. The van der Waals surface area contributed by atoms with E-state index in [2.05, 4.69) is 16.0 Å². The van der Waals surface area contributed by atoms with Crippen molar-refractivity contribution in [2.24, 2.45) is 0 Å². The van der Waals surface area contributed by atoms with Crippen LogP contribution in [0.4, 0.5) is 0 Å². The first-order valence-corrected chi connectivity index (χ1v) is 8.34. The number of nitriles is 1. The molecule has 3 aromatic heterocycles. The molecule has 0 bridgehead atoms. The predicted molar refractivity (Wildman–Crippen MR) is 101 cm³/mol. The van der Waals surface area contributed by atoms with Gasteiger partial charge in [-0.2, -0.15) is 5.26 Å². The highest BCUT2D eigenvalue weighted by Crippen LogP contribution is 2.34. The van der Waals surface area contributed by atoms with Crippen LogP contribution >= 0.6 is 0 Å². The lowest BCUT2D eigenvalue weighted by Gasteiger charge is -2.10. The molecule has 0 fully saturated rings. The molecular formula is C21H16N4O2. The number of pyridine rings is 1. The van der Waals surface area contributed by atoms with Crippen LogP contribution in [0.2, 0.25) is 0 Å². The lowest BCUT2D eigenvalue weighted by atomic mass is 10.0. The SMILES string of the molecule is COc1nc(-c2ccc(-n3ccnc3)cc2)cc(-c2ccc(C)o2)c1C#N. The summed E-state index contributed by atoms with van der Waals surface area (Å²) < 4.78 is 13.0. The third-order valence-corrected chi connectivity index (χ3v) is 4.26. The Hall–Kier alpha value is -3.85. The number of methoxy groups -OCH3 is 1. The van der Waals surface area contributed by atoms with Crippen LogP contribution in [-0.2, 0) is 0 Å². The van der Waals surface area contributed by atoms with Crippen molar-refractivity contribution in [1.82, 2.24) is 14.5 Å². The number of hydrogen-bond acceptors (Lipinski definition) is 5. The van der Waals surface area contributed by atoms with Gasteiger partial charge in [0, 0.05) is 29.2 Å². The van der Waals surface area contributed by atoms with E-state index in [-0.39, 0.29) is 5.88 Å². The fourth-order valence-corrected chi connectivity index (χ4v) is 2.92. The zero-order valence-corrected chi connectivity index (χ0v) is 14.9. The van der Waals surface area contributed by atoms with Gasteiger partial charge in [0.2, 0.25) is 5.88 Å². The molecular weight excluding hydrogens is 340 g/mol. The van der Waals surface area contributed by atoms with Crippen LogP contribution in [0.5, 0.6) is 5.88 Å². The van der Waals surface area contributed by atoms with E-state index in [4.69, 9.17) is 9.15 Å². The second-order valence-electron chi connectivity index (χ2n) is 5.98. The molecule has 0 aliphatic rings. The molecule has 4 aromatic rings. The minimum atomic E-state index is 0.276. The van der Waals surface area contributed by atoms with Crippen molar-refractivity contribution < 1.29 is 9.15 Å². The molecule has 0 saturated carbocycles. The van der Waals surface area contributed by atoms with E-state index in [9.17, 15) is 5.26 Å². The molecule has 0 radical (unpaired) electrons. The van der Waals surface area contributed by atoms with Gasteiger partial charge >= 0.3 is 0 Å². The summed E-state index contributed by atoms with van der Waals surface area (Å²) in [6.45, 7) is 1.86. The summed E-state index contributed by atoms with van der Waals surface area (Å²) in [6.07, 6.45) is 5.36. The number of furan rings is 1. The number of ether oxygens (including phenoxy) is 1. The first kappa shape index (κ1) is 16.6. The van der Waals surface area contributed by atoms with Crippen molar-refractivity contribution in [2.75, 3.05) is 7.11 Å². The molecule has 0 spiro atoms. The Morgan fingerprint density at radius 1 is 1.15 bits per heavy atom. The summed E-state index contributed by atoms with van der Waals surface area (Å²) in [5, 5.41) is 9.58. The zero-order valence-electron chi connectivity index (χ0n) is 14.9. The predicted octanol–water partition coefficient (Wildman–Crippen LogP) is 4.38. The number of benzene rings is 1. The lowest BCUT2D eigenvalue weighted by Crippen LogP contribution is -1.97. The summed E-state index contributed by atoms with van der Waals surface area (Å²) in [5.74, 6) is 1.66. The van der Waals surface area contributed by atoms with Crippen molar-refractivity contribution in [3.8, 4) is 40.2 Å². The van der Waals surface area contributed by atoms with Crippen LogP contribution < -0.4 is 4.74 Å². The lowest BCUT2D eigenvalue weighted by molar-refractivity contribution is 0.397. The first-order valence-electron chi connectivity index (χ1n) is 8.34. The Morgan fingerprint density at radius 2 is 1.96 bits per heavy atom. The Balaban J connectivity index is 1.82. The van der Waals surface area contributed by atoms with Gasteiger partial charge in [0.25, 0.3) is 0 Å². The third kappa shape index (κ3) is 3.07. The van der Waals surface area contributed by atoms with E-state index >= 15 is 0 Å². The van der Waals surface area contributed by atoms with Gasteiger partial charge in [0.1, 0.15) is 23.2 Å². The second-order valence-corrected chi connectivity index (χ2v) is 5.98. The van der Waals surface area contributed by atoms with Crippen molar-refractivity contribution in [1.29, 1.82) is 5.26 Å². The van der Waals surface area contributed by atoms with Gasteiger partial charge in [-0.25, -0.2) is 9.97 Å². The molecule has 27 heavy (non-hydrogen) atoms. The highest BCUT2D eigenvalue weighted by Gasteiger charge is 2.18. The molecule has 0 N–H and O–H groups in total. The van der Waals surface area contributed by atoms with Crippen LogP contribution in [0.3, 0.4) is 0 Å². The molecule has 0 aliphatic heterocycles. The smallest absolute Gasteiger partial charge is 0.232 e. The molecule has 6 nitrogen and oxygen atoms in total. The minimum absolute atomic E-state index is 0.276. The fourth-order valence-electron chi connectivity index (χ4n) is 2.92. The van der Waals surface area contributed by atoms with E-state index < -0.39 is 0 Å². The summed E-state index contributed by atoms with van der Waals surface area (Å²) >= 11 is 0. The molecule has 132 valence electrons. The highest BCUT2D eigenvalue weighted by atomic mass is 16.5. The Kier molecular flexibility index (Phi) is 4.19. The number of aryl methyl sites for hydroxylation is 1. The van der Waals surface area contributed by atoms with Crippen LogP contribution in [0.25, 0.3) is 28.3 Å². The van der Waals surface area contributed by atoms with E-state index in [1.807, 2.05) is 60.2 Å². The molecule has 0 unspecified atom stereocenters. The maximum Gasteiger partial charge on any atom is 0.232 e. The van der Waals surface area contributed by atoms with Crippen molar-refractivity contribution in [2.45, 2.75) is 6.92 Å². The van der Waals surface area contributed by atoms with Gasteiger partial charge in [0.15, 0.2) is 0 Å². The van der Waals surface area contributed by atoms with Crippen molar-refractivity contribution >= 4 is 0 Å². The van der Waals surface area contributed by atoms with Gasteiger partial charge in [-0.05, 0) is 37.3 Å². The molecule has 3 heterocycles. The van der Waals surface area contributed by atoms with Gasteiger partial charge in [-0.3, -0.25) is 0 Å². The number of nitrogens with zero attached hydrogens (tertiary/aromatic N) is 4. The van der Waals surface area contributed by atoms with Crippen LogP contribution in [0, 0.1) is 18.3 Å². The molecule has 1 aromatic carbocycles. The average molecular weight is 356 g/mol. The number of aromatic nitrogens is 3. The number of rotatable bonds is 4. The Morgan fingerprint density at radius 3 is 2.56 bits per heavy atom. The Labute approximate surface area is 156 Å². The van der Waals surface area contributed by atoms with E-state index in [1.54, 1.807) is 12.5 Å². The summed E-state index contributed by atoms with van der Waals surface area (Å²) in [7, 11) is 1.51. The molecule has 0 saturated heterocycles. The number of imidazole rings is 1. The molecule has 6 heteroatoms. The largest absolute Gasteiger partial charge is 0.480 e. The maximum atomic E-state index is 9.58. The topological polar surface area (TPSA) is 76.9 Å².